The largest absolute Gasteiger partial charge is 0.465 e. The fourth-order valence-electron chi connectivity index (χ4n) is 3.67. The molecule has 2 heterocycles. The third-order valence-corrected chi connectivity index (χ3v) is 5.55. The highest BCUT2D eigenvalue weighted by molar-refractivity contribution is 6.30. The van der Waals surface area contributed by atoms with Crippen molar-refractivity contribution in [3.63, 3.8) is 0 Å². The zero-order valence-corrected chi connectivity index (χ0v) is 18.5. The van der Waals surface area contributed by atoms with Crippen molar-refractivity contribution >= 4 is 35.1 Å². The molecule has 0 atom stereocenters. The van der Waals surface area contributed by atoms with Gasteiger partial charge in [-0.3, -0.25) is 14.3 Å². The van der Waals surface area contributed by atoms with E-state index in [1.54, 1.807) is 30.5 Å². The summed E-state index contributed by atoms with van der Waals surface area (Å²) in [5.41, 5.74) is 2.05. The topological polar surface area (TPSA) is 79.7 Å². The van der Waals surface area contributed by atoms with Crippen molar-refractivity contribution in [3.05, 3.63) is 71.5 Å². The number of piperazine rings is 1. The summed E-state index contributed by atoms with van der Waals surface area (Å²) in [5.74, 6) is 0.364. The van der Waals surface area contributed by atoms with Crippen molar-refractivity contribution in [1.82, 2.24) is 14.5 Å². The highest BCUT2D eigenvalue weighted by Gasteiger charge is 2.22. The second-order valence-corrected chi connectivity index (χ2v) is 7.89. The average molecular weight is 454 g/mol. The molecule has 3 aromatic rings. The van der Waals surface area contributed by atoms with Crippen molar-refractivity contribution in [2.24, 2.45) is 0 Å². The minimum absolute atomic E-state index is 0.0929. The van der Waals surface area contributed by atoms with E-state index in [4.69, 9.17) is 11.6 Å². The fourth-order valence-corrected chi connectivity index (χ4v) is 3.86. The lowest BCUT2D eigenvalue weighted by Gasteiger charge is -2.35. The molecule has 1 amide bonds. The molecule has 1 fully saturated rings. The van der Waals surface area contributed by atoms with Gasteiger partial charge in [-0.2, -0.15) is 0 Å². The van der Waals surface area contributed by atoms with Crippen LogP contribution in [0.5, 0.6) is 0 Å². The maximum Gasteiger partial charge on any atom is 0.337 e. The number of halogens is 1. The van der Waals surface area contributed by atoms with Gasteiger partial charge in [0.05, 0.1) is 19.2 Å². The molecule has 8 nitrogen and oxygen atoms in total. The van der Waals surface area contributed by atoms with Crippen LogP contribution in [-0.4, -0.2) is 66.2 Å². The number of esters is 1. The average Bonchev–Trinajstić information content (AvgIpc) is 3.29. The van der Waals surface area contributed by atoms with Gasteiger partial charge in [-0.25, -0.2) is 9.78 Å². The number of amides is 1. The third-order valence-electron chi connectivity index (χ3n) is 5.32. The van der Waals surface area contributed by atoms with Gasteiger partial charge >= 0.3 is 5.97 Å². The van der Waals surface area contributed by atoms with E-state index in [9.17, 15) is 9.59 Å². The summed E-state index contributed by atoms with van der Waals surface area (Å²) >= 11 is 6.14. The predicted molar refractivity (Wildman–Crippen MR) is 124 cm³/mol. The molecule has 166 valence electrons. The highest BCUT2D eigenvalue weighted by Crippen LogP contribution is 2.22. The molecule has 1 N–H and O–H groups in total. The zero-order valence-electron chi connectivity index (χ0n) is 17.7. The van der Waals surface area contributed by atoms with Gasteiger partial charge in [0.1, 0.15) is 0 Å². The first-order chi connectivity index (χ1) is 15.5. The van der Waals surface area contributed by atoms with E-state index in [0.29, 0.717) is 22.8 Å². The molecule has 2 aromatic carbocycles. The van der Waals surface area contributed by atoms with Gasteiger partial charge in [0, 0.05) is 55.0 Å². The maximum atomic E-state index is 12.4. The van der Waals surface area contributed by atoms with Crippen molar-refractivity contribution in [3.8, 4) is 5.69 Å². The molecule has 9 heteroatoms. The SMILES string of the molecule is COC(=O)c1ccc(NC(=O)CN2CCN(c3nccn3-c3cccc(Cl)c3)CC2)cc1. The first kappa shape index (κ1) is 21.9. The fraction of sp³-hybridized carbons (Fsp3) is 0.261. The highest BCUT2D eigenvalue weighted by atomic mass is 35.5. The van der Waals surface area contributed by atoms with Crippen molar-refractivity contribution in [2.75, 3.05) is 50.1 Å². The number of benzene rings is 2. The second kappa shape index (κ2) is 9.84. The van der Waals surface area contributed by atoms with Crippen molar-refractivity contribution < 1.29 is 14.3 Å². The van der Waals surface area contributed by atoms with Gasteiger partial charge in [-0.1, -0.05) is 17.7 Å². The van der Waals surface area contributed by atoms with Crippen LogP contribution in [0, 0.1) is 0 Å². The molecular weight excluding hydrogens is 430 g/mol. The van der Waals surface area contributed by atoms with E-state index >= 15 is 0 Å². The number of anilines is 2. The summed E-state index contributed by atoms with van der Waals surface area (Å²) < 4.78 is 6.70. The number of rotatable bonds is 6. The molecule has 0 radical (unpaired) electrons. The number of carbonyl (C=O) groups excluding carboxylic acids is 2. The Hall–Kier alpha value is -3.36. The van der Waals surface area contributed by atoms with Gasteiger partial charge in [-0.05, 0) is 42.5 Å². The number of nitrogens with one attached hydrogen (secondary N) is 1. The van der Waals surface area contributed by atoms with Gasteiger partial charge < -0.3 is 15.0 Å². The Morgan fingerprint density at radius 3 is 2.53 bits per heavy atom. The van der Waals surface area contributed by atoms with E-state index in [0.717, 1.165) is 37.8 Å². The number of aromatic nitrogens is 2. The molecule has 1 aliphatic heterocycles. The Labute approximate surface area is 191 Å². The minimum Gasteiger partial charge on any atom is -0.465 e. The van der Waals surface area contributed by atoms with Crippen LogP contribution in [0.4, 0.5) is 11.6 Å². The van der Waals surface area contributed by atoms with E-state index in [1.807, 2.05) is 35.0 Å². The maximum absolute atomic E-state index is 12.4. The van der Waals surface area contributed by atoms with Crippen LogP contribution >= 0.6 is 11.6 Å². The van der Waals surface area contributed by atoms with Gasteiger partial charge in [0.2, 0.25) is 11.9 Å². The third kappa shape index (κ3) is 5.09. The molecule has 0 spiro atoms. The van der Waals surface area contributed by atoms with Crippen LogP contribution in [0.25, 0.3) is 5.69 Å². The van der Waals surface area contributed by atoms with E-state index in [1.165, 1.54) is 7.11 Å². The minimum atomic E-state index is -0.406. The van der Waals surface area contributed by atoms with Crippen LogP contribution in [0.15, 0.2) is 60.9 Å². The molecule has 0 saturated carbocycles. The number of hydrogen-bond donors (Lipinski definition) is 1. The molecule has 32 heavy (non-hydrogen) atoms. The van der Waals surface area contributed by atoms with Gasteiger partial charge in [0.15, 0.2) is 0 Å². The number of carbonyl (C=O) groups is 2. The standard InChI is InChI=1S/C23H24ClN5O3/c1-32-22(31)17-5-7-19(8-6-17)26-21(30)16-27-11-13-28(14-12-27)23-25-9-10-29(23)20-4-2-3-18(24)15-20/h2-10,15H,11-14,16H2,1H3,(H,26,30). The Morgan fingerprint density at radius 1 is 1.09 bits per heavy atom. The number of ether oxygens (including phenoxy) is 1. The van der Waals surface area contributed by atoms with Crippen LogP contribution in [0.3, 0.4) is 0 Å². The zero-order chi connectivity index (χ0) is 22.5. The monoisotopic (exact) mass is 453 g/mol. The summed E-state index contributed by atoms with van der Waals surface area (Å²) in [6.45, 7) is 3.32. The molecule has 0 bridgehead atoms. The number of nitrogens with zero attached hydrogens (tertiary/aromatic N) is 4. The lowest BCUT2D eigenvalue weighted by molar-refractivity contribution is -0.117. The lowest BCUT2D eigenvalue weighted by atomic mass is 10.2. The molecule has 1 aromatic heterocycles. The first-order valence-corrected chi connectivity index (χ1v) is 10.7. The molecule has 1 saturated heterocycles. The smallest absolute Gasteiger partial charge is 0.337 e. The summed E-state index contributed by atoms with van der Waals surface area (Å²) in [5, 5.41) is 3.55. The Kier molecular flexibility index (Phi) is 6.72. The summed E-state index contributed by atoms with van der Waals surface area (Å²) in [7, 11) is 1.34. The Balaban J connectivity index is 1.31. The summed E-state index contributed by atoms with van der Waals surface area (Å²) in [6.07, 6.45) is 3.70. The molecule has 4 rings (SSSR count). The lowest BCUT2D eigenvalue weighted by Crippen LogP contribution is -2.49. The van der Waals surface area contributed by atoms with E-state index in [2.05, 4.69) is 24.8 Å². The summed E-state index contributed by atoms with van der Waals surface area (Å²) in [4.78, 5) is 32.8. The van der Waals surface area contributed by atoms with E-state index < -0.39 is 5.97 Å². The Morgan fingerprint density at radius 2 is 1.84 bits per heavy atom. The second-order valence-electron chi connectivity index (χ2n) is 7.46. The number of methoxy groups -OCH3 is 1. The van der Waals surface area contributed by atoms with Crippen LogP contribution in [-0.2, 0) is 9.53 Å². The van der Waals surface area contributed by atoms with Gasteiger partial charge in [0.25, 0.3) is 0 Å². The molecule has 1 aliphatic rings. The van der Waals surface area contributed by atoms with Crippen LogP contribution in [0.1, 0.15) is 10.4 Å². The van der Waals surface area contributed by atoms with E-state index in [-0.39, 0.29) is 5.91 Å². The van der Waals surface area contributed by atoms with Gasteiger partial charge in [-0.15, -0.1) is 0 Å². The number of hydrogen-bond acceptors (Lipinski definition) is 6. The molecular formula is C23H24ClN5O3. The summed E-state index contributed by atoms with van der Waals surface area (Å²) in [6, 6.07) is 14.3. The molecule has 0 aliphatic carbocycles. The quantitative estimate of drug-likeness (QED) is 0.578. The molecule has 0 unspecified atom stereocenters. The van der Waals surface area contributed by atoms with Crippen LogP contribution in [0.2, 0.25) is 5.02 Å². The first-order valence-electron chi connectivity index (χ1n) is 10.3. The normalized spacial score (nSPS) is 14.2. The van der Waals surface area contributed by atoms with Crippen molar-refractivity contribution in [2.45, 2.75) is 0 Å². The number of imidazole rings is 1. The predicted octanol–water partition coefficient (Wildman–Crippen LogP) is 3.07. The van der Waals surface area contributed by atoms with Crippen molar-refractivity contribution in [1.29, 1.82) is 0 Å². The van der Waals surface area contributed by atoms with Crippen LogP contribution < -0.4 is 10.2 Å². The Bertz CT molecular complexity index is 1090.